The van der Waals surface area contributed by atoms with Gasteiger partial charge in [-0.05, 0) is 79.8 Å². The van der Waals surface area contributed by atoms with Gasteiger partial charge in [-0.15, -0.1) is 0 Å². The smallest absolute Gasteiger partial charge is 0.246 e. The van der Waals surface area contributed by atoms with Crippen LogP contribution in [0, 0.1) is 18.8 Å². The summed E-state index contributed by atoms with van der Waals surface area (Å²) >= 11 is 0. The molecule has 0 aliphatic carbocycles. The Morgan fingerprint density at radius 3 is 2.88 bits per heavy atom. The number of imidazole rings is 1. The second kappa shape index (κ2) is 10.5. The molecule has 2 aromatic carbocycles. The highest BCUT2D eigenvalue weighted by molar-refractivity contribution is 5.88. The zero-order valence-corrected chi connectivity index (χ0v) is 22.3. The van der Waals surface area contributed by atoms with Crippen molar-refractivity contribution in [3.05, 3.63) is 85.1 Å². The summed E-state index contributed by atoms with van der Waals surface area (Å²) in [4.78, 5) is 31.8. The molecule has 4 heterocycles. The van der Waals surface area contributed by atoms with Crippen LogP contribution in [0.5, 0.6) is 11.5 Å². The normalized spacial score (nSPS) is 14.7. The second-order valence-electron chi connectivity index (χ2n) is 9.66. The van der Waals surface area contributed by atoms with E-state index in [1.165, 1.54) is 12.4 Å². The quantitative estimate of drug-likeness (QED) is 0.244. The fraction of sp³-hybridized carbons (Fsp3) is 0.194. The molecule has 40 heavy (non-hydrogen) atoms. The number of likely N-dealkylation sites (tertiary alicyclic amines) is 1. The Kier molecular flexibility index (Phi) is 6.58. The van der Waals surface area contributed by atoms with E-state index in [1.807, 2.05) is 67.1 Å². The summed E-state index contributed by atoms with van der Waals surface area (Å²) in [6.45, 7) is 6.28. The highest BCUT2D eigenvalue weighted by Crippen LogP contribution is 2.30. The number of carbonyl (C=O) groups excluding carboxylic acids is 1. The van der Waals surface area contributed by atoms with Crippen molar-refractivity contribution in [2.75, 3.05) is 11.9 Å². The summed E-state index contributed by atoms with van der Waals surface area (Å²) in [5.41, 5.74) is 5.64. The number of aryl methyl sites for hydroxylation is 2. The molecule has 1 fully saturated rings. The molecule has 9 nitrogen and oxygen atoms in total. The van der Waals surface area contributed by atoms with Gasteiger partial charge in [0.05, 0.1) is 28.9 Å². The summed E-state index contributed by atoms with van der Waals surface area (Å²) in [6, 6.07) is 15.3. The molecule has 198 valence electrons. The van der Waals surface area contributed by atoms with Crippen molar-refractivity contribution < 1.29 is 9.53 Å². The van der Waals surface area contributed by atoms with Crippen LogP contribution >= 0.6 is 0 Å². The maximum absolute atomic E-state index is 12.1. The van der Waals surface area contributed by atoms with Gasteiger partial charge in [0.2, 0.25) is 5.91 Å². The topological polar surface area (TPSA) is 98.1 Å². The van der Waals surface area contributed by atoms with Gasteiger partial charge in [-0.3, -0.25) is 4.79 Å². The van der Waals surface area contributed by atoms with Crippen LogP contribution in [0.25, 0.3) is 22.1 Å². The van der Waals surface area contributed by atoms with E-state index in [0.29, 0.717) is 29.1 Å². The van der Waals surface area contributed by atoms with Crippen LogP contribution in [0.3, 0.4) is 0 Å². The standard InChI is InChI=1S/C31H27N7O2/c1-4-29(39)38-15-5-6-23(38)10-7-21-8-12-25-30(35-21)31(33-18-32-25)36-22-9-14-28(20(2)16-22)40-24-11-13-27-26(17-24)34-19-37(27)3/h4,8-9,11-14,16-19,23H,1,5-6,15H2,2-3H3,(H,32,33,36). The Morgan fingerprint density at radius 2 is 2.02 bits per heavy atom. The number of nitrogens with zero attached hydrogens (tertiary/aromatic N) is 6. The average Bonchev–Trinajstić information content (AvgIpc) is 3.59. The number of nitrogens with one attached hydrogen (secondary N) is 1. The summed E-state index contributed by atoms with van der Waals surface area (Å²) in [6.07, 6.45) is 6.40. The van der Waals surface area contributed by atoms with Gasteiger partial charge in [-0.1, -0.05) is 12.5 Å². The third kappa shape index (κ3) is 4.95. The van der Waals surface area contributed by atoms with Gasteiger partial charge in [-0.2, -0.15) is 0 Å². The van der Waals surface area contributed by atoms with Crippen LogP contribution in [0.2, 0.25) is 0 Å². The molecular weight excluding hydrogens is 502 g/mol. The van der Waals surface area contributed by atoms with Crippen LogP contribution in [0.1, 0.15) is 24.1 Å². The van der Waals surface area contributed by atoms with E-state index < -0.39 is 0 Å². The highest BCUT2D eigenvalue weighted by Gasteiger charge is 2.25. The van der Waals surface area contributed by atoms with Gasteiger partial charge < -0.3 is 19.5 Å². The van der Waals surface area contributed by atoms with Gasteiger partial charge in [0.1, 0.15) is 29.0 Å². The van der Waals surface area contributed by atoms with Crippen molar-refractivity contribution in [3.8, 4) is 23.3 Å². The van der Waals surface area contributed by atoms with Crippen LogP contribution in [0.15, 0.2) is 73.8 Å². The first-order valence-corrected chi connectivity index (χ1v) is 13.0. The number of fused-ring (bicyclic) bond motifs is 2. The van der Waals surface area contributed by atoms with Crippen molar-refractivity contribution in [2.24, 2.45) is 7.05 Å². The molecular formula is C31H27N7O2. The number of carbonyl (C=O) groups is 1. The minimum Gasteiger partial charge on any atom is -0.457 e. The first kappa shape index (κ1) is 25.1. The third-order valence-electron chi connectivity index (χ3n) is 6.92. The Morgan fingerprint density at radius 1 is 1.12 bits per heavy atom. The van der Waals surface area contributed by atoms with E-state index in [-0.39, 0.29) is 11.9 Å². The molecule has 0 radical (unpaired) electrons. The van der Waals surface area contributed by atoms with E-state index in [9.17, 15) is 4.79 Å². The van der Waals surface area contributed by atoms with Crippen LogP contribution < -0.4 is 10.1 Å². The zero-order chi connectivity index (χ0) is 27.6. The number of anilines is 2. The number of rotatable bonds is 5. The van der Waals surface area contributed by atoms with Gasteiger partial charge in [-0.25, -0.2) is 19.9 Å². The zero-order valence-electron chi connectivity index (χ0n) is 22.3. The van der Waals surface area contributed by atoms with Gasteiger partial charge in [0.25, 0.3) is 0 Å². The maximum Gasteiger partial charge on any atom is 0.246 e. The summed E-state index contributed by atoms with van der Waals surface area (Å²) in [5.74, 6) is 8.30. The Hall–Kier alpha value is -5.23. The number of pyridine rings is 1. The molecule has 3 aromatic heterocycles. The predicted molar refractivity (Wildman–Crippen MR) is 154 cm³/mol. The molecule has 6 rings (SSSR count). The van der Waals surface area contributed by atoms with E-state index in [2.05, 4.69) is 38.7 Å². The second-order valence-corrected chi connectivity index (χ2v) is 9.66. The highest BCUT2D eigenvalue weighted by atomic mass is 16.5. The van der Waals surface area contributed by atoms with E-state index in [0.717, 1.165) is 46.6 Å². The fourth-order valence-corrected chi connectivity index (χ4v) is 4.84. The molecule has 1 unspecified atom stereocenters. The first-order chi connectivity index (χ1) is 19.5. The summed E-state index contributed by atoms with van der Waals surface area (Å²) in [5, 5.41) is 3.37. The molecule has 0 bridgehead atoms. The molecule has 5 aromatic rings. The van der Waals surface area contributed by atoms with Crippen LogP contribution in [-0.2, 0) is 11.8 Å². The monoisotopic (exact) mass is 529 g/mol. The Balaban J connectivity index is 1.22. The number of benzene rings is 2. The number of aromatic nitrogens is 5. The van der Waals surface area contributed by atoms with Crippen molar-refractivity contribution in [1.82, 2.24) is 29.4 Å². The lowest BCUT2D eigenvalue weighted by Gasteiger charge is -2.18. The molecule has 1 atom stereocenters. The number of hydrogen-bond donors (Lipinski definition) is 1. The van der Waals surface area contributed by atoms with Crippen molar-refractivity contribution in [1.29, 1.82) is 0 Å². The minimum absolute atomic E-state index is 0.0934. The van der Waals surface area contributed by atoms with E-state index >= 15 is 0 Å². The fourth-order valence-electron chi connectivity index (χ4n) is 4.84. The lowest BCUT2D eigenvalue weighted by molar-refractivity contribution is -0.125. The van der Waals surface area contributed by atoms with Crippen LogP contribution in [-0.4, -0.2) is 47.9 Å². The molecule has 1 aliphatic rings. The number of ether oxygens (including phenoxy) is 1. The molecule has 9 heteroatoms. The summed E-state index contributed by atoms with van der Waals surface area (Å²) in [7, 11) is 1.97. The predicted octanol–water partition coefficient (Wildman–Crippen LogP) is 5.28. The van der Waals surface area contributed by atoms with Crippen molar-refractivity contribution in [2.45, 2.75) is 25.8 Å². The maximum atomic E-state index is 12.1. The molecule has 0 spiro atoms. The summed E-state index contributed by atoms with van der Waals surface area (Å²) < 4.78 is 8.13. The molecule has 1 saturated heterocycles. The van der Waals surface area contributed by atoms with Crippen LogP contribution in [0.4, 0.5) is 11.5 Å². The largest absolute Gasteiger partial charge is 0.457 e. The molecule has 1 aliphatic heterocycles. The lowest BCUT2D eigenvalue weighted by atomic mass is 10.2. The SMILES string of the molecule is C=CC(=O)N1CCCC1C#Cc1ccc2ncnc(Nc3ccc(Oc4ccc5c(c4)ncn5C)c(C)c3)c2n1. The van der Waals surface area contributed by atoms with E-state index in [1.54, 1.807) is 11.2 Å². The first-order valence-electron chi connectivity index (χ1n) is 13.0. The van der Waals surface area contributed by atoms with E-state index in [4.69, 9.17) is 9.72 Å². The molecule has 1 amide bonds. The average molecular weight is 530 g/mol. The van der Waals surface area contributed by atoms with Gasteiger partial charge >= 0.3 is 0 Å². The third-order valence-corrected chi connectivity index (χ3v) is 6.92. The lowest BCUT2D eigenvalue weighted by Crippen LogP contribution is -2.33. The molecule has 1 N–H and O–H groups in total. The number of hydrogen-bond acceptors (Lipinski definition) is 7. The molecule has 0 saturated carbocycles. The number of amides is 1. The van der Waals surface area contributed by atoms with Gasteiger partial charge in [0, 0.05) is 25.3 Å². The Labute approximate surface area is 231 Å². The minimum atomic E-state index is -0.137. The van der Waals surface area contributed by atoms with Gasteiger partial charge in [0.15, 0.2) is 5.82 Å². The Bertz CT molecular complexity index is 1830. The van der Waals surface area contributed by atoms with Crippen molar-refractivity contribution >= 4 is 39.5 Å². The van der Waals surface area contributed by atoms with Crippen molar-refractivity contribution in [3.63, 3.8) is 0 Å².